The third-order valence-corrected chi connectivity index (χ3v) is 4.84. The number of hydrogen-bond acceptors (Lipinski definition) is 7. The average molecular weight is 380 g/mol. The molecule has 0 fully saturated rings. The standard InChI is InChI=1S/C16H16N2O7S/c1-22-12-6-4-11(8-14(12)23-2)26(20,21)18-17-16(19)10-3-5-13-15(7-10)25-9-24-13/h3-8,18H,9H2,1-2H3,(H,17,19). The zero-order valence-electron chi connectivity index (χ0n) is 13.9. The molecule has 0 bridgehead atoms. The molecule has 0 aromatic heterocycles. The third-order valence-electron chi connectivity index (χ3n) is 3.60. The lowest BCUT2D eigenvalue weighted by Gasteiger charge is -2.11. The Morgan fingerprint density at radius 1 is 1.00 bits per heavy atom. The van der Waals surface area contributed by atoms with Gasteiger partial charge in [-0.15, -0.1) is 4.83 Å². The highest BCUT2D eigenvalue weighted by molar-refractivity contribution is 7.89. The van der Waals surface area contributed by atoms with E-state index in [-0.39, 0.29) is 23.0 Å². The molecule has 1 aliphatic rings. The first-order valence-corrected chi connectivity index (χ1v) is 8.87. The molecule has 0 atom stereocenters. The monoisotopic (exact) mass is 380 g/mol. The number of ether oxygens (including phenoxy) is 4. The fraction of sp³-hybridized carbons (Fsp3) is 0.188. The summed E-state index contributed by atoms with van der Waals surface area (Å²) in [6.45, 7) is 0.0757. The summed E-state index contributed by atoms with van der Waals surface area (Å²) in [5.74, 6) is 0.925. The van der Waals surface area contributed by atoms with Gasteiger partial charge in [-0.1, -0.05) is 0 Å². The van der Waals surface area contributed by atoms with Gasteiger partial charge in [-0.3, -0.25) is 10.2 Å². The number of sulfonamides is 1. The minimum Gasteiger partial charge on any atom is -0.493 e. The Balaban J connectivity index is 1.73. The summed E-state index contributed by atoms with van der Waals surface area (Å²) in [5, 5.41) is 0. The Morgan fingerprint density at radius 3 is 2.46 bits per heavy atom. The Kier molecular flexibility index (Phi) is 4.87. The molecule has 10 heteroatoms. The number of hydrogen-bond donors (Lipinski definition) is 2. The summed E-state index contributed by atoms with van der Waals surface area (Å²) in [6, 6.07) is 8.59. The van der Waals surface area contributed by atoms with Crippen molar-refractivity contribution in [3.8, 4) is 23.0 Å². The van der Waals surface area contributed by atoms with Gasteiger partial charge >= 0.3 is 0 Å². The van der Waals surface area contributed by atoms with E-state index in [1.54, 1.807) is 6.07 Å². The number of nitrogens with one attached hydrogen (secondary N) is 2. The summed E-state index contributed by atoms with van der Waals surface area (Å²) in [7, 11) is -1.17. The fourth-order valence-electron chi connectivity index (χ4n) is 2.27. The van der Waals surface area contributed by atoms with Gasteiger partial charge in [-0.05, 0) is 30.3 Å². The normalized spacial score (nSPS) is 12.5. The topological polar surface area (TPSA) is 112 Å². The van der Waals surface area contributed by atoms with E-state index < -0.39 is 15.9 Å². The molecular weight excluding hydrogens is 364 g/mol. The summed E-state index contributed by atoms with van der Waals surface area (Å²) in [6.07, 6.45) is 0. The van der Waals surface area contributed by atoms with E-state index in [0.717, 1.165) is 0 Å². The Bertz CT molecular complexity index is 944. The van der Waals surface area contributed by atoms with Crippen molar-refractivity contribution in [2.75, 3.05) is 21.0 Å². The minimum atomic E-state index is -4.01. The first-order valence-electron chi connectivity index (χ1n) is 7.38. The second-order valence-electron chi connectivity index (χ2n) is 5.14. The van der Waals surface area contributed by atoms with Crippen molar-refractivity contribution in [3.63, 3.8) is 0 Å². The van der Waals surface area contributed by atoms with Gasteiger partial charge in [0.2, 0.25) is 6.79 Å². The SMILES string of the molecule is COc1ccc(S(=O)(=O)NNC(=O)c2ccc3c(c2)OCO3)cc1OC. The molecule has 0 spiro atoms. The van der Waals surface area contributed by atoms with Crippen LogP contribution in [0.2, 0.25) is 0 Å². The Morgan fingerprint density at radius 2 is 1.73 bits per heavy atom. The largest absolute Gasteiger partial charge is 0.493 e. The van der Waals surface area contributed by atoms with Crippen LogP contribution in [-0.2, 0) is 10.0 Å². The van der Waals surface area contributed by atoms with Gasteiger partial charge in [-0.25, -0.2) is 8.42 Å². The van der Waals surface area contributed by atoms with Crippen molar-refractivity contribution in [1.82, 2.24) is 10.3 Å². The van der Waals surface area contributed by atoms with E-state index in [1.165, 1.54) is 44.6 Å². The zero-order valence-corrected chi connectivity index (χ0v) is 14.8. The predicted octanol–water partition coefficient (Wildman–Crippen LogP) is 1.06. The van der Waals surface area contributed by atoms with Crippen LogP contribution in [0.4, 0.5) is 0 Å². The molecule has 0 radical (unpaired) electrons. The van der Waals surface area contributed by atoms with Crippen LogP contribution >= 0.6 is 0 Å². The zero-order chi connectivity index (χ0) is 18.7. The maximum absolute atomic E-state index is 12.4. The van der Waals surface area contributed by atoms with Crippen molar-refractivity contribution in [2.45, 2.75) is 4.90 Å². The van der Waals surface area contributed by atoms with Crippen LogP contribution in [-0.4, -0.2) is 35.3 Å². The van der Waals surface area contributed by atoms with Crippen molar-refractivity contribution in [1.29, 1.82) is 0 Å². The molecule has 1 heterocycles. The molecule has 0 aliphatic carbocycles. The molecule has 2 aromatic carbocycles. The van der Waals surface area contributed by atoms with Crippen molar-refractivity contribution in [3.05, 3.63) is 42.0 Å². The molecule has 2 aromatic rings. The summed E-state index contributed by atoms with van der Waals surface area (Å²) in [5.41, 5.74) is 2.36. The molecule has 1 aliphatic heterocycles. The number of carbonyl (C=O) groups is 1. The predicted molar refractivity (Wildman–Crippen MR) is 89.9 cm³/mol. The highest BCUT2D eigenvalue weighted by Crippen LogP contribution is 2.32. The lowest BCUT2D eigenvalue weighted by molar-refractivity contribution is 0.0944. The number of methoxy groups -OCH3 is 2. The smallest absolute Gasteiger partial charge is 0.266 e. The van der Waals surface area contributed by atoms with E-state index in [1.807, 2.05) is 4.83 Å². The van der Waals surface area contributed by atoms with Crippen molar-refractivity contribution < 1.29 is 32.2 Å². The summed E-state index contributed by atoms with van der Waals surface area (Å²) >= 11 is 0. The van der Waals surface area contributed by atoms with Gasteiger partial charge in [0.05, 0.1) is 19.1 Å². The maximum Gasteiger partial charge on any atom is 0.266 e. The van der Waals surface area contributed by atoms with E-state index in [4.69, 9.17) is 18.9 Å². The van der Waals surface area contributed by atoms with E-state index in [2.05, 4.69) is 5.43 Å². The number of benzene rings is 2. The minimum absolute atomic E-state index is 0.0757. The molecule has 0 saturated carbocycles. The second kappa shape index (κ2) is 7.10. The molecule has 3 rings (SSSR count). The van der Waals surface area contributed by atoms with Gasteiger partial charge in [0.25, 0.3) is 15.9 Å². The third kappa shape index (κ3) is 3.51. The van der Waals surface area contributed by atoms with Crippen LogP contribution in [0.3, 0.4) is 0 Å². The van der Waals surface area contributed by atoms with E-state index >= 15 is 0 Å². The first-order chi connectivity index (χ1) is 12.4. The lowest BCUT2D eigenvalue weighted by atomic mass is 10.2. The maximum atomic E-state index is 12.4. The van der Waals surface area contributed by atoms with Crippen LogP contribution in [0.25, 0.3) is 0 Å². The van der Waals surface area contributed by atoms with Crippen LogP contribution < -0.4 is 29.2 Å². The fourth-order valence-corrected chi connectivity index (χ4v) is 3.12. The number of amides is 1. The number of carbonyl (C=O) groups excluding carboxylic acids is 1. The highest BCUT2D eigenvalue weighted by atomic mass is 32.2. The second-order valence-corrected chi connectivity index (χ2v) is 6.83. The van der Waals surface area contributed by atoms with Crippen LogP contribution in [0.5, 0.6) is 23.0 Å². The van der Waals surface area contributed by atoms with Crippen molar-refractivity contribution >= 4 is 15.9 Å². The molecule has 0 unspecified atom stereocenters. The molecule has 2 N–H and O–H groups in total. The Labute approximate surface area is 149 Å². The molecule has 0 saturated heterocycles. The lowest BCUT2D eigenvalue weighted by Crippen LogP contribution is -2.41. The van der Waals surface area contributed by atoms with Crippen LogP contribution in [0, 0.1) is 0 Å². The van der Waals surface area contributed by atoms with Gasteiger partial charge in [0.15, 0.2) is 23.0 Å². The molecule has 1 amide bonds. The average Bonchev–Trinajstić information content (AvgIpc) is 3.13. The molecule has 9 nitrogen and oxygen atoms in total. The van der Waals surface area contributed by atoms with Crippen molar-refractivity contribution in [2.24, 2.45) is 0 Å². The summed E-state index contributed by atoms with van der Waals surface area (Å²) in [4.78, 5) is 14.1. The van der Waals surface area contributed by atoms with Gasteiger partial charge in [0, 0.05) is 11.6 Å². The molecular formula is C16H16N2O7S. The quantitative estimate of drug-likeness (QED) is 0.721. The van der Waals surface area contributed by atoms with Gasteiger partial charge < -0.3 is 18.9 Å². The van der Waals surface area contributed by atoms with Gasteiger partial charge in [-0.2, -0.15) is 0 Å². The van der Waals surface area contributed by atoms with Gasteiger partial charge in [0.1, 0.15) is 0 Å². The number of fused-ring (bicyclic) bond motifs is 1. The first kappa shape index (κ1) is 17.8. The van der Waals surface area contributed by atoms with E-state index in [9.17, 15) is 13.2 Å². The molecule has 138 valence electrons. The van der Waals surface area contributed by atoms with E-state index in [0.29, 0.717) is 17.2 Å². The molecule has 26 heavy (non-hydrogen) atoms. The number of rotatable bonds is 6. The summed E-state index contributed by atoms with van der Waals surface area (Å²) < 4.78 is 45.2. The number of hydrazine groups is 1. The van der Waals surface area contributed by atoms with Crippen LogP contribution in [0.1, 0.15) is 10.4 Å². The highest BCUT2D eigenvalue weighted by Gasteiger charge is 2.20. The van der Waals surface area contributed by atoms with Crippen LogP contribution in [0.15, 0.2) is 41.3 Å². The Hall–Kier alpha value is -2.98.